The molecule has 0 aliphatic carbocycles. The molecule has 3 heteroatoms. The lowest BCUT2D eigenvalue weighted by Gasteiger charge is -2.05. The van der Waals surface area contributed by atoms with E-state index in [4.69, 9.17) is 11.6 Å². The molecule has 1 atom stereocenters. The standard InChI is InChI=1S/C11H15ClOS/c1-9(2)8-14(13)11-5-3-10(7-12)4-6-11/h3-6,9H,7-8H2,1-2H3. The summed E-state index contributed by atoms with van der Waals surface area (Å²) in [5, 5.41) is 0. The van der Waals surface area contributed by atoms with Crippen LogP contribution in [0.25, 0.3) is 0 Å². The highest BCUT2D eigenvalue weighted by atomic mass is 35.5. The molecule has 1 unspecified atom stereocenters. The summed E-state index contributed by atoms with van der Waals surface area (Å²) in [5.41, 5.74) is 1.07. The first-order valence-corrected chi connectivity index (χ1v) is 6.52. The summed E-state index contributed by atoms with van der Waals surface area (Å²) < 4.78 is 11.7. The highest BCUT2D eigenvalue weighted by Crippen LogP contribution is 2.12. The minimum Gasteiger partial charge on any atom is -0.254 e. The van der Waals surface area contributed by atoms with Gasteiger partial charge in [0.1, 0.15) is 0 Å². The first kappa shape index (κ1) is 11.7. The highest BCUT2D eigenvalue weighted by Gasteiger charge is 2.05. The second kappa shape index (κ2) is 5.52. The third-order valence-corrected chi connectivity index (χ3v) is 3.90. The molecule has 0 aliphatic rings. The summed E-state index contributed by atoms with van der Waals surface area (Å²) in [4.78, 5) is 0.896. The van der Waals surface area contributed by atoms with Gasteiger partial charge in [0.25, 0.3) is 0 Å². The zero-order valence-corrected chi connectivity index (χ0v) is 10.1. The van der Waals surface area contributed by atoms with Crippen LogP contribution < -0.4 is 0 Å². The first-order valence-electron chi connectivity index (χ1n) is 4.66. The molecular weight excluding hydrogens is 216 g/mol. The van der Waals surface area contributed by atoms with E-state index in [1.807, 2.05) is 24.3 Å². The SMILES string of the molecule is CC(C)CS(=O)c1ccc(CCl)cc1. The predicted octanol–water partition coefficient (Wildman–Crippen LogP) is 3.19. The number of halogens is 1. The molecule has 0 N–H and O–H groups in total. The molecule has 0 saturated heterocycles. The van der Waals surface area contributed by atoms with Crippen molar-refractivity contribution in [2.24, 2.45) is 5.92 Å². The van der Waals surface area contributed by atoms with Crippen molar-refractivity contribution in [2.45, 2.75) is 24.6 Å². The zero-order valence-electron chi connectivity index (χ0n) is 8.50. The molecule has 0 aromatic heterocycles. The second-order valence-corrected chi connectivity index (χ2v) is 5.45. The van der Waals surface area contributed by atoms with Gasteiger partial charge in [0.05, 0.1) is 10.8 Å². The van der Waals surface area contributed by atoms with E-state index in [1.54, 1.807) is 0 Å². The van der Waals surface area contributed by atoms with Gasteiger partial charge in [-0.25, -0.2) is 0 Å². The van der Waals surface area contributed by atoms with Gasteiger partial charge in [-0.3, -0.25) is 4.21 Å². The Labute approximate surface area is 92.9 Å². The van der Waals surface area contributed by atoms with Crippen LogP contribution in [-0.4, -0.2) is 9.96 Å². The molecule has 14 heavy (non-hydrogen) atoms. The number of hydrogen-bond acceptors (Lipinski definition) is 1. The van der Waals surface area contributed by atoms with Crippen LogP contribution in [0.2, 0.25) is 0 Å². The fourth-order valence-electron chi connectivity index (χ4n) is 1.13. The quantitative estimate of drug-likeness (QED) is 0.727. The Balaban J connectivity index is 2.71. The molecule has 0 heterocycles. The lowest BCUT2D eigenvalue weighted by molar-refractivity contribution is 0.665. The van der Waals surface area contributed by atoms with Crippen LogP contribution in [0.1, 0.15) is 19.4 Å². The lowest BCUT2D eigenvalue weighted by Crippen LogP contribution is -2.04. The molecule has 0 fully saturated rings. The van der Waals surface area contributed by atoms with E-state index >= 15 is 0 Å². The number of hydrogen-bond donors (Lipinski definition) is 0. The molecular formula is C11H15ClOS. The Kier molecular flexibility index (Phi) is 4.63. The van der Waals surface area contributed by atoms with Crippen LogP contribution in [0.15, 0.2) is 29.2 Å². The summed E-state index contributed by atoms with van der Waals surface area (Å²) in [6, 6.07) is 7.66. The fraction of sp³-hybridized carbons (Fsp3) is 0.455. The van der Waals surface area contributed by atoms with Crippen molar-refractivity contribution < 1.29 is 4.21 Å². The van der Waals surface area contributed by atoms with Crippen LogP contribution >= 0.6 is 11.6 Å². The van der Waals surface area contributed by atoms with Crippen molar-refractivity contribution >= 4 is 22.4 Å². The molecule has 0 bridgehead atoms. The van der Waals surface area contributed by atoms with Crippen LogP contribution in [0.3, 0.4) is 0 Å². The first-order chi connectivity index (χ1) is 6.63. The maximum Gasteiger partial charge on any atom is 0.0532 e. The molecule has 0 aliphatic heterocycles. The van der Waals surface area contributed by atoms with Crippen LogP contribution in [0.4, 0.5) is 0 Å². The van der Waals surface area contributed by atoms with Crippen molar-refractivity contribution in [3.8, 4) is 0 Å². The third kappa shape index (κ3) is 3.43. The summed E-state index contributed by atoms with van der Waals surface area (Å²) >= 11 is 5.67. The lowest BCUT2D eigenvalue weighted by atomic mass is 10.2. The second-order valence-electron chi connectivity index (χ2n) is 3.68. The predicted molar refractivity (Wildman–Crippen MR) is 62.1 cm³/mol. The Hall–Kier alpha value is -0.340. The zero-order chi connectivity index (χ0) is 10.6. The number of rotatable bonds is 4. The van der Waals surface area contributed by atoms with Gasteiger partial charge in [0.15, 0.2) is 0 Å². The monoisotopic (exact) mass is 230 g/mol. The van der Waals surface area contributed by atoms with Gasteiger partial charge in [0, 0.05) is 16.5 Å². The molecule has 0 saturated carbocycles. The highest BCUT2D eigenvalue weighted by molar-refractivity contribution is 7.85. The smallest absolute Gasteiger partial charge is 0.0532 e. The third-order valence-electron chi connectivity index (χ3n) is 1.83. The molecule has 0 radical (unpaired) electrons. The molecule has 78 valence electrons. The maximum atomic E-state index is 11.7. The largest absolute Gasteiger partial charge is 0.254 e. The molecule has 1 nitrogen and oxygen atoms in total. The summed E-state index contributed by atoms with van der Waals surface area (Å²) in [5.74, 6) is 1.70. The molecule has 1 rings (SSSR count). The van der Waals surface area contributed by atoms with E-state index in [-0.39, 0.29) is 0 Å². The van der Waals surface area contributed by atoms with Gasteiger partial charge in [-0.1, -0.05) is 26.0 Å². The van der Waals surface area contributed by atoms with E-state index in [9.17, 15) is 4.21 Å². The minimum absolute atomic E-state index is 0.462. The van der Waals surface area contributed by atoms with Crippen LogP contribution in [0, 0.1) is 5.92 Å². The maximum absolute atomic E-state index is 11.7. The summed E-state index contributed by atoms with van der Waals surface area (Å²) in [7, 11) is -0.867. The van der Waals surface area contributed by atoms with Crippen molar-refractivity contribution in [1.82, 2.24) is 0 Å². The van der Waals surface area contributed by atoms with Gasteiger partial charge >= 0.3 is 0 Å². The van der Waals surface area contributed by atoms with Gasteiger partial charge in [-0.05, 0) is 23.6 Å². The van der Waals surface area contributed by atoms with Crippen molar-refractivity contribution in [2.75, 3.05) is 5.75 Å². The van der Waals surface area contributed by atoms with Gasteiger partial charge in [-0.2, -0.15) is 0 Å². The average Bonchev–Trinajstić information content (AvgIpc) is 2.17. The molecule has 1 aromatic rings. The Morgan fingerprint density at radius 2 is 1.86 bits per heavy atom. The van der Waals surface area contributed by atoms with E-state index in [0.29, 0.717) is 11.8 Å². The fourth-order valence-corrected chi connectivity index (χ4v) is 2.55. The van der Waals surface area contributed by atoms with E-state index < -0.39 is 10.8 Å². The van der Waals surface area contributed by atoms with Gasteiger partial charge in [0.2, 0.25) is 0 Å². The molecule has 1 aromatic carbocycles. The van der Waals surface area contributed by atoms with Crippen molar-refractivity contribution in [3.05, 3.63) is 29.8 Å². The normalized spacial score (nSPS) is 13.1. The van der Waals surface area contributed by atoms with E-state index in [0.717, 1.165) is 16.2 Å². The van der Waals surface area contributed by atoms with E-state index in [1.165, 1.54) is 0 Å². The summed E-state index contributed by atoms with van der Waals surface area (Å²) in [6.07, 6.45) is 0. The van der Waals surface area contributed by atoms with Crippen molar-refractivity contribution in [3.63, 3.8) is 0 Å². The van der Waals surface area contributed by atoms with Gasteiger partial charge < -0.3 is 0 Å². The summed E-state index contributed by atoms with van der Waals surface area (Å²) in [6.45, 7) is 4.15. The Morgan fingerprint density at radius 3 is 2.29 bits per heavy atom. The van der Waals surface area contributed by atoms with Crippen LogP contribution in [-0.2, 0) is 16.7 Å². The average molecular weight is 231 g/mol. The van der Waals surface area contributed by atoms with Crippen molar-refractivity contribution in [1.29, 1.82) is 0 Å². The molecule has 0 spiro atoms. The Bertz CT molecular complexity index is 306. The molecule has 0 amide bonds. The number of alkyl halides is 1. The van der Waals surface area contributed by atoms with Gasteiger partial charge in [-0.15, -0.1) is 11.6 Å². The Morgan fingerprint density at radius 1 is 1.29 bits per heavy atom. The van der Waals surface area contributed by atoms with E-state index in [2.05, 4.69) is 13.8 Å². The minimum atomic E-state index is -0.867. The van der Waals surface area contributed by atoms with Crippen LogP contribution in [0.5, 0.6) is 0 Å². The number of benzene rings is 1. The topological polar surface area (TPSA) is 17.1 Å².